The second-order valence-corrected chi connectivity index (χ2v) is 4.29. The van der Waals surface area contributed by atoms with Gasteiger partial charge in [0.05, 0.1) is 5.56 Å². The molecule has 0 aliphatic carbocycles. The Morgan fingerprint density at radius 3 is 2.68 bits per heavy atom. The summed E-state index contributed by atoms with van der Waals surface area (Å²) in [5.74, 6) is -0.558. The number of oxazole rings is 1. The first-order valence-corrected chi connectivity index (χ1v) is 5.85. The molecule has 0 amide bonds. The van der Waals surface area contributed by atoms with E-state index < -0.39 is 5.97 Å². The lowest BCUT2D eigenvalue weighted by molar-refractivity contribution is 0.0699. The summed E-state index contributed by atoms with van der Waals surface area (Å²) in [4.78, 5) is 15.5. The number of aromatic carboxylic acids is 1. The molecule has 19 heavy (non-hydrogen) atoms. The number of benzene rings is 2. The zero-order valence-corrected chi connectivity index (χ0v) is 10.3. The van der Waals surface area contributed by atoms with Crippen molar-refractivity contribution < 1.29 is 14.3 Å². The first kappa shape index (κ1) is 11.5. The van der Waals surface area contributed by atoms with Crippen LogP contribution in [-0.2, 0) is 0 Å². The quantitative estimate of drug-likeness (QED) is 0.759. The Labute approximate surface area is 109 Å². The molecule has 0 atom stereocenters. The SMILES string of the molecule is Cc1ccccc1-c1nc2c(C(=O)O)cccc2o1. The van der Waals surface area contributed by atoms with E-state index in [1.165, 1.54) is 6.07 Å². The van der Waals surface area contributed by atoms with Crippen molar-refractivity contribution in [2.24, 2.45) is 0 Å². The maximum atomic E-state index is 11.1. The van der Waals surface area contributed by atoms with Crippen LogP contribution in [0.3, 0.4) is 0 Å². The molecule has 0 saturated heterocycles. The van der Waals surface area contributed by atoms with Gasteiger partial charge in [0.15, 0.2) is 5.58 Å². The second-order valence-electron chi connectivity index (χ2n) is 4.29. The Morgan fingerprint density at radius 1 is 1.16 bits per heavy atom. The maximum Gasteiger partial charge on any atom is 0.338 e. The normalized spacial score (nSPS) is 10.8. The van der Waals surface area contributed by atoms with Gasteiger partial charge in [0.2, 0.25) is 5.89 Å². The molecule has 3 aromatic rings. The van der Waals surface area contributed by atoms with Crippen LogP contribution < -0.4 is 0 Å². The molecule has 94 valence electrons. The summed E-state index contributed by atoms with van der Waals surface area (Å²) in [7, 11) is 0. The fourth-order valence-electron chi connectivity index (χ4n) is 2.05. The standard InChI is InChI=1S/C15H11NO3/c1-9-5-2-3-6-10(9)14-16-13-11(15(17)18)7-4-8-12(13)19-14/h2-8H,1H3,(H,17,18). The lowest BCUT2D eigenvalue weighted by Crippen LogP contribution is -1.96. The van der Waals surface area contributed by atoms with Gasteiger partial charge in [0.25, 0.3) is 0 Å². The number of aryl methyl sites for hydroxylation is 1. The average molecular weight is 253 g/mol. The van der Waals surface area contributed by atoms with Crippen molar-refractivity contribution in [1.29, 1.82) is 0 Å². The van der Waals surface area contributed by atoms with Crippen molar-refractivity contribution in [1.82, 2.24) is 4.98 Å². The Kier molecular flexibility index (Phi) is 2.56. The fraction of sp³-hybridized carbons (Fsp3) is 0.0667. The number of carboxylic acids is 1. The predicted octanol–water partition coefficient (Wildman–Crippen LogP) is 3.50. The van der Waals surface area contributed by atoms with Crippen molar-refractivity contribution in [2.75, 3.05) is 0 Å². The molecule has 4 heteroatoms. The molecule has 4 nitrogen and oxygen atoms in total. The van der Waals surface area contributed by atoms with Gasteiger partial charge in [-0.15, -0.1) is 0 Å². The van der Waals surface area contributed by atoms with Gasteiger partial charge in [-0.05, 0) is 30.7 Å². The molecule has 0 unspecified atom stereocenters. The molecule has 0 spiro atoms. The largest absolute Gasteiger partial charge is 0.478 e. The summed E-state index contributed by atoms with van der Waals surface area (Å²) in [6.07, 6.45) is 0. The topological polar surface area (TPSA) is 63.3 Å². The van der Waals surface area contributed by atoms with Crippen molar-refractivity contribution in [2.45, 2.75) is 6.92 Å². The molecule has 0 saturated carbocycles. The number of para-hydroxylation sites is 1. The van der Waals surface area contributed by atoms with E-state index in [2.05, 4.69) is 4.98 Å². The fourth-order valence-corrected chi connectivity index (χ4v) is 2.05. The summed E-state index contributed by atoms with van der Waals surface area (Å²) in [5.41, 5.74) is 2.92. The molecule has 0 aliphatic rings. The number of hydrogen-bond acceptors (Lipinski definition) is 3. The van der Waals surface area contributed by atoms with E-state index in [1.54, 1.807) is 12.1 Å². The maximum absolute atomic E-state index is 11.1. The Bertz CT molecular complexity index is 774. The number of nitrogens with zero attached hydrogens (tertiary/aromatic N) is 1. The number of fused-ring (bicyclic) bond motifs is 1. The molecule has 0 aliphatic heterocycles. The van der Waals surface area contributed by atoms with Crippen molar-refractivity contribution in [3.63, 3.8) is 0 Å². The highest BCUT2D eigenvalue weighted by Gasteiger charge is 2.15. The minimum absolute atomic E-state index is 0.154. The zero-order chi connectivity index (χ0) is 13.4. The number of carbonyl (C=O) groups is 1. The van der Waals surface area contributed by atoms with Crippen LogP contribution in [-0.4, -0.2) is 16.1 Å². The van der Waals surface area contributed by atoms with Crippen LogP contribution in [0.15, 0.2) is 46.9 Å². The smallest absolute Gasteiger partial charge is 0.338 e. The van der Waals surface area contributed by atoms with Crippen LogP contribution >= 0.6 is 0 Å². The van der Waals surface area contributed by atoms with Crippen molar-refractivity contribution >= 4 is 17.1 Å². The third-order valence-electron chi connectivity index (χ3n) is 3.02. The lowest BCUT2D eigenvalue weighted by Gasteiger charge is -1.98. The van der Waals surface area contributed by atoms with Gasteiger partial charge in [0, 0.05) is 5.56 Å². The van der Waals surface area contributed by atoms with Crippen LogP contribution in [0.4, 0.5) is 0 Å². The number of carboxylic acid groups (broad SMARTS) is 1. The molecular formula is C15H11NO3. The van der Waals surface area contributed by atoms with E-state index >= 15 is 0 Å². The van der Waals surface area contributed by atoms with Crippen LogP contribution in [0.5, 0.6) is 0 Å². The minimum atomic E-state index is -1.00. The van der Waals surface area contributed by atoms with Crippen LogP contribution in [0.2, 0.25) is 0 Å². The number of hydrogen-bond donors (Lipinski definition) is 1. The highest BCUT2D eigenvalue weighted by Crippen LogP contribution is 2.28. The first-order valence-electron chi connectivity index (χ1n) is 5.85. The van der Waals surface area contributed by atoms with Crippen LogP contribution in [0.25, 0.3) is 22.6 Å². The summed E-state index contributed by atoms with van der Waals surface area (Å²) in [5, 5.41) is 9.14. The summed E-state index contributed by atoms with van der Waals surface area (Å²) in [6.45, 7) is 1.96. The van der Waals surface area contributed by atoms with E-state index in [0.29, 0.717) is 17.0 Å². The zero-order valence-electron chi connectivity index (χ0n) is 10.3. The van der Waals surface area contributed by atoms with E-state index in [0.717, 1.165) is 11.1 Å². The predicted molar refractivity (Wildman–Crippen MR) is 71.1 cm³/mol. The molecule has 0 fully saturated rings. The molecule has 1 N–H and O–H groups in total. The number of rotatable bonds is 2. The Hall–Kier alpha value is -2.62. The summed E-state index contributed by atoms with van der Waals surface area (Å²) >= 11 is 0. The Balaban J connectivity index is 2.26. The van der Waals surface area contributed by atoms with E-state index in [1.807, 2.05) is 31.2 Å². The van der Waals surface area contributed by atoms with E-state index in [4.69, 9.17) is 9.52 Å². The molecule has 2 aromatic carbocycles. The van der Waals surface area contributed by atoms with Crippen LogP contribution in [0.1, 0.15) is 15.9 Å². The molecule has 1 aromatic heterocycles. The van der Waals surface area contributed by atoms with Gasteiger partial charge < -0.3 is 9.52 Å². The first-order chi connectivity index (χ1) is 9.16. The summed E-state index contributed by atoms with van der Waals surface area (Å²) in [6, 6.07) is 12.6. The second kappa shape index (κ2) is 4.24. The molecule has 1 heterocycles. The molecule has 0 radical (unpaired) electrons. The third-order valence-corrected chi connectivity index (χ3v) is 3.02. The van der Waals surface area contributed by atoms with Crippen molar-refractivity contribution in [3.8, 4) is 11.5 Å². The highest BCUT2D eigenvalue weighted by atomic mass is 16.4. The van der Waals surface area contributed by atoms with Crippen LogP contribution in [0, 0.1) is 6.92 Å². The van der Waals surface area contributed by atoms with Gasteiger partial charge in [0.1, 0.15) is 5.52 Å². The molecule has 0 bridgehead atoms. The molecular weight excluding hydrogens is 242 g/mol. The highest BCUT2D eigenvalue weighted by molar-refractivity contribution is 6.00. The van der Waals surface area contributed by atoms with Gasteiger partial charge >= 0.3 is 5.97 Å². The number of aromatic nitrogens is 1. The van der Waals surface area contributed by atoms with E-state index in [9.17, 15) is 4.79 Å². The lowest BCUT2D eigenvalue weighted by atomic mass is 10.1. The van der Waals surface area contributed by atoms with Gasteiger partial charge in [-0.3, -0.25) is 0 Å². The Morgan fingerprint density at radius 2 is 1.95 bits per heavy atom. The van der Waals surface area contributed by atoms with Gasteiger partial charge in [-0.1, -0.05) is 24.3 Å². The van der Waals surface area contributed by atoms with Gasteiger partial charge in [-0.25, -0.2) is 9.78 Å². The average Bonchev–Trinajstić information content (AvgIpc) is 2.82. The molecule has 3 rings (SSSR count). The monoisotopic (exact) mass is 253 g/mol. The minimum Gasteiger partial charge on any atom is -0.478 e. The van der Waals surface area contributed by atoms with Gasteiger partial charge in [-0.2, -0.15) is 0 Å². The van der Waals surface area contributed by atoms with E-state index in [-0.39, 0.29) is 5.56 Å². The van der Waals surface area contributed by atoms with Crippen molar-refractivity contribution in [3.05, 3.63) is 53.6 Å². The third kappa shape index (κ3) is 1.87. The summed E-state index contributed by atoms with van der Waals surface area (Å²) < 4.78 is 5.65.